The summed E-state index contributed by atoms with van der Waals surface area (Å²) in [7, 11) is 0. The van der Waals surface area contributed by atoms with E-state index in [1.807, 2.05) is 25.4 Å². The Labute approximate surface area is 426 Å². The van der Waals surface area contributed by atoms with Crippen LogP contribution < -0.4 is 20.0 Å². The molecule has 0 amide bonds. The van der Waals surface area contributed by atoms with Crippen molar-refractivity contribution in [3.05, 3.63) is 149 Å². The lowest BCUT2D eigenvalue weighted by Gasteiger charge is -2.30. The number of nitrogens with zero attached hydrogens (tertiary/aromatic N) is 9. The Hall–Kier alpha value is -7.01. The van der Waals surface area contributed by atoms with E-state index in [9.17, 15) is 17.6 Å². The van der Waals surface area contributed by atoms with Crippen LogP contribution in [0.2, 0.25) is 5.02 Å². The van der Waals surface area contributed by atoms with E-state index in [0.717, 1.165) is 97.2 Å². The van der Waals surface area contributed by atoms with Crippen molar-refractivity contribution in [2.24, 2.45) is 0 Å². The van der Waals surface area contributed by atoms with Gasteiger partial charge in [0, 0.05) is 96.5 Å². The largest absolute Gasteiger partial charge is 0.383 e. The first-order chi connectivity index (χ1) is 35.0. The van der Waals surface area contributed by atoms with Crippen molar-refractivity contribution in [1.29, 1.82) is 0 Å². The molecule has 6 aromatic heterocycles. The van der Waals surface area contributed by atoms with Crippen LogP contribution in [0.4, 0.5) is 46.0 Å². The second-order valence-electron chi connectivity index (χ2n) is 20.0. The fourth-order valence-electron chi connectivity index (χ4n) is 10.1. The highest BCUT2D eigenvalue weighted by Crippen LogP contribution is 2.48. The minimum atomic E-state index is -0.649. The van der Waals surface area contributed by atoms with Crippen LogP contribution in [0.5, 0.6) is 0 Å². The standard InChI is InChI=1S/C28H27F2N5O.C15H9ClF2N2.C13H19N3O/c1-17-25(18-10-19(29)12-20(30)11-18)33-23-15-31-5-4-22(23)26(17)35-16-28(2,3)27-24(35)13-21(14-32-27)34-6-8-36-9-7-34;1-8-14(16)12-2-3-19-7-13(12)20-15(8)9-4-10(17)6-11(18)5-9;1-13(2)9-15-11-7-10(8-14-12(11)13)16-3-5-17-6-4-16/h4-5,10-15H,6-9,16H2,1-3H3;2-7H,1H3;7-8,15H,3-6,9H2,1-2H3. The molecule has 10 heterocycles. The summed E-state index contributed by atoms with van der Waals surface area (Å²) in [6.45, 7) is 20.8. The van der Waals surface area contributed by atoms with Gasteiger partial charge in [0.2, 0.25) is 0 Å². The summed E-state index contributed by atoms with van der Waals surface area (Å²) in [6, 6.07) is 14.9. The number of ether oxygens (including phenoxy) is 2. The van der Waals surface area contributed by atoms with Crippen molar-refractivity contribution in [2.75, 3.05) is 85.7 Å². The van der Waals surface area contributed by atoms with Gasteiger partial charge in [-0.2, -0.15) is 0 Å². The van der Waals surface area contributed by atoms with Gasteiger partial charge in [-0.3, -0.25) is 19.9 Å². The lowest BCUT2D eigenvalue weighted by Crippen LogP contribution is -2.36. The number of aromatic nitrogens is 6. The minimum Gasteiger partial charge on any atom is -0.383 e. The summed E-state index contributed by atoms with van der Waals surface area (Å²) in [5.74, 6) is -2.57. The lowest BCUT2D eigenvalue weighted by atomic mass is 9.91. The molecule has 12 rings (SSSR count). The van der Waals surface area contributed by atoms with Gasteiger partial charge in [0.15, 0.2) is 0 Å². The Kier molecular flexibility index (Phi) is 13.7. The highest BCUT2D eigenvalue weighted by atomic mass is 35.5. The maximum atomic E-state index is 14.2. The number of morpholine rings is 2. The maximum absolute atomic E-state index is 14.2. The Bertz CT molecular complexity index is 3340. The lowest BCUT2D eigenvalue weighted by molar-refractivity contribution is 0.122. The second-order valence-corrected chi connectivity index (χ2v) is 20.4. The van der Waals surface area contributed by atoms with Gasteiger partial charge >= 0.3 is 0 Å². The van der Waals surface area contributed by atoms with Crippen LogP contribution in [0.15, 0.2) is 97.8 Å². The molecule has 0 unspecified atom stereocenters. The number of nitrogens with one attached hydrogen (secondary N) is 1. The average molecular weight is 1010 g/mol. The number of hydrogen-bond donors (Lipinski definition) is 1. The second kappa shape index (κ2) is 20.1. The molecule has 73 heavy (non-hydrogen) atoms. The Morgan fingerprint density at radius 2 is 1.08 bits per heavy atom. The summed E-state index contributed by atoms with van der Waals surface area (Å²) in [6.07, 6.45) is 10.6. The first-order valence-electron chi connectivity index (χ1n) is 24.3. The number of pyridine rings is 6. The molecule has 4 aliphatic rings. The van der Waals surface area contributed by atoms with Crippen molar-refractivity contribution in [1.82, 2.24) is 29.9 Å². The molecular formula is C56H55ClF4N10O2. The topological polar surface area (TPSA) is 118 Å². The van der Waals surface area contributed by atoms with E-state index in [0.29, 0.717) is 63.9 Å². The van der Waals surface area contributed by atoms with Gasteiger partial charge in [-0.05, 0) is 73.5 Å². The third kappa shape index (κ3) is 10.1. The summed E-state index contributed by atoms with van der Waals surface area (Å²) in [5, 5.41) is 5.66. The van der Waals surface area contributed by atoms with Crippen LogP contribution in [-0.2, 0) is 20.3 Å². The van der Waals surface area contributed by atoms with Gasteiger partial charge in [-0.25, -0.2) is 27.5 Å². The first kappa shape index (κ1) is 49.6. The molecule has 0 atom stereocenters. The summed E-state index contributed by atoms with van der Waals surface area (Å²) >= 11 is 6.31. The highest BCUT2D eigenvalue weighted by Gasteiger charge is 2.39. The molecule has 2 fully saturated rings. The number of anilines is 5. The molecule has 1 N–H and O–H groups in total. The minimum absolute atomic E-state index is 0.152. The molecule has 8 aromatic rings. The molecule has 0 aliphatic carbocycles. The van der Waals surface area contributed by atoms with Gasteiger partial charge in [0.1, 0.15) is 23.3 Å². The quantitative estimate of drug-likeness (QED) is 0.165. The number of fused-ring (bicyclic) bond motifs is 4. The van der Waals surface area contributed by atoms with Gasteiger partial charge in [-0.15, -0.1) is 0 Å². The molecule has 0 radical (unpaired) electrons. The van der Waals surface area contributed by atoms with E-state index in [-0.39, 0.29) is 10.8 Å². The van der Waals surface area contributed by atoms with Gasteiger partial charge in [-0.1, -0.05) is 39.3 Å². The number of halogens is 5. The van der Waals surface area contributed by atoms with Crippen LogP contribution in [-0.4, -0.2) is 95.6 Å². The molecular weight excluding hydrogens is 956 g/mol. The fraction of sp³-hybridized carbons (Fsp3) is 0.321. The maximum Gasteiger partial charge on any atom is 0.126 e. The van der Waals surface area contributed by atoms with Gasteiger partial charge in [0.05, 0.1) is 118 Å². The van der Waals surface area contributed by atoms with Crippen molar-refractivity contribution < 1.29 is 27.0 Å². The number of hydrogen-bond acceptors (Lipinski definition) is 12. The van der Waals surface area contributed by atoms with E-state index in [4.69, 9.17) is 31.0 Å². The van der Waals surface area contributed by atoms with E-state index < -0.39 is 23.3 Å². The summed E-state index contributed by atoms with van der Waals surface area (Å²) < 4.78 is 65.9. The molecule has 0 spiro atoms. The predicted molar refractivity (Wildman–Crippen MR) is 280 cm³/mol. The fourth-order valence-corrected chi connectivity index (χ4v) is 10.3. The molecule has 12 nitrogen and oxygen atoms in total. The average Bonchev–Trinajstić information content (AvgIpc) is 3.84. The van der Waals surface area contributed by atoms with Crippen molar-refractivity contribution in [2.45, 2.75) is 52.4 Å². The van der Waals surface area contributed by atoms with Crippen LogP contribution in [0.1, 0.15) is 50.2 Å². The monoisotopic (exact) mass is 1010 g/mol. The molecule has 17 heteroatoms. The molecule has 0 bridgehead atoms. The van der Waals surface area contributed by atoms with Gasteiger partial charge < -0.3 is 29.5 Å². The Morgan fingerprint density at radius 1 is 0.589 bits per heavy atom. The Balaban J connectivity index is 0.000000139. The smallest absolute Gasteiger partial charge is 0.126 e. The van der Waals surface area contributed by atoms with Crippen LogP contribution in [0.25, 0.3) is 44.3 Å². The normalized spacial score (nSPS) is 16.6. The molecule has 4 aliphatic heterocycles. The molecule has 2 saturated heterocycles. The van der Waals surface area contributed by atoms with Crippen molar-refractivity contribution in [3.63, 3.8) is 0 Å². The van der Waals surface area contributed by atoms with E-state index in [2.05, 4.69) is 79.8 Å². The third-order valence-electron chi connectivity index (χ3n) is 13.8. The van der Waals surface area contributed by atoms with Crippen molar-refractivity contribution >= 4 is 61.8 Å². The SMILES string of the molecule is CC1(C)CNc2cc(N3CCOCC3)cnc21.Cc1c(-c2cc(F)cc(F)c2)nc2cnccc2c1Cl.Cc1c(-c2cc(F)cc(F)c2)nc2cnccc2c1N1CC(C)(C)c2ncc(N3CCOCC3)cc21. The van der Waals surface area contributed by atoms with Crippen molar-refractivity contribution in [3.8, 4) is 22.5 Å². The van der Waals surface area contributed by atoms with Gasteiger partial charge in [0.25, 0.3) is 0 Å². The zero-order chi connectivity index (χ0) is 51.2. The van der Waals surface area contributed by atoms with Crippen LogP contribution >= 0.6 is 11.6 Å². The molecule has 376 valence electrons. The van der Waals surface area contributed by atoms with E-state index >= 15 is 0 Å². The summed E-state index contributed by atoms with van der Waals surface area (Å²) in [4.78, 5) is 33.9. The number of benzene rings is 2. The third-order valence-corrected chi connectivity index (χ3v) is 14.3. The van der Waals surface area contributed by atoms with E-state index in [1.165, 1.54) is 41.3 Å². The van der Waals surface area contributed by atoms with E-state index in [1.54, 1.807) is 37.8 Å². The number of rotatable bonds is 5. The zero-order valence-corrected chi connectivity index (χ0v) is 42.3. The molecule has 2 aromatic carbocycles. The zero-order valence-electron chi connectivity index (χ0n) is 41.5. The highest BCUT2D eigenvalue weighted by molar-refractivity contribution is 6.36. The van der Waals surface area contributed by atoms with Crippen LogP contribution in [0.3, 0.4) is 0 Å². The first-order valence-corrected chi connectivity index (χ1v) is 24.7. The van der Waals surface area contributed by atoms with Crippen LogP contribution in [0, 0.1) is 37.1 Å². The predicted octanol–water partition coefficient (Wildman–Crippen LogP) is 11.7. The Morgan fingerprint density at radius 3 is 1.64 bits per heavy atom. The molecule has 0 saturated carbocycles. The summed E-state index contributed by atoms with van der Waals surface area (Å²) in [5.41, 5.74) is 12.1.